The summed E-state index contributed by atoms with van der Waals surface area (Å²) in [4.78, 5) is 33.4. The third kappa shape index (κ3) is 2.94. The van der Waals surface area contributed by atoms with Crippen LogP contribution < -0.4 is 5.73 Å². The molecule has 6 heteroatoms. The molecule has 3 rings (SSSR count). The Kier molecular flexibility index (Phi) is 4.20. The van der Waals surface area contributed by atoms with Crippen molar-refractivity contribution in [2.45, 2.75) is 6.54 Å². The van der Waals surface area contributed by atoms with E-state index in [0.717, 1.165) is 16.3 Å². The number of nitrogens with two attached hydrogens (primary N) is 1. The van der Waals surface area contributed by atoms with Crippen molar-refractivity contribution in [3.05, 3.63) is 71.8 Å². The highest BCUT2D eigenvalue weighted by atomic mass is 16.2. The maximum absolute atomic E-state index is 12.6. The molecule has 0 atom stereocenters. The van der Waals surface area contributed by atoms with E-state index in [1.807, 2.05) is 42.5 Å². The van der Waals surface area contributed by atoms with Crippen molar-refractivity contribution in [1.29, 1.82) is 0 Å². The van der Waals surface area contributed by atoms with Gasteiger partial charge in [-0.2, -0.15) is 0 Å². The molecule has 0 fully saturated rings. The van der Waals surface area contributed by atoms with Crippen LogP contribution in [0.4, 0.5) is 0 Å². The zero-order chi connectivity index (χ0) is 17.1. The van der Waals surface area contributed by atoms with Crippen LogP contribution in [-0.4, -0.2) is 33.7 Å². The Hall–Kier alpha value is -3.28. The first-order valence-corrected chi connectivity index (χ1v) is 7.41. The van der Waals surface area contributed by atoms with Crippen LogP contribution in [0.1, 0.15) is 26.5 Å². The topological polar surface area (TPSA) is 89.2 Å². The number of rotatable bonds is 4. The predicted molar refractivity (Wildman–Crippen MR) is 90.3 cm³/mol. The molecule has 3 aromatic rings. The van der Waals surface area contributed by atoms with E-state index < -0.39 is 11.8 Å². The monoisotopic (exact) mass is 320 g/mol. The number of amides is 2. The molecule has 24 heavy (non-hydrogen) atoms. The third-order valence-electron chi connectivity index (χ3n) is 3.77. The fourth-order valence-corrected chi connectivity index (χ4v) is 2.61. The average molecular weight is 320 g/mol. The Morgan fingerprint density at radius 3 is 2.42 bits per heavy atom. The van der Waals surface area contributed by atoms with E-state index in [-0.39, 0.29) is 11.4 Å². The highest BCUT2D eigenvalue weighted by Gasteiger charge is 2.21. The molecule has 0 saturated carbocycles. The Balaban J connectivity index is 1.91. The molecule has 1 aromatic heterocycles. The Labute approximate surface area is 138 Å². The smallest absolute Gasteiger partial charge is 0.274 e. The zero-order valence-electron chi connectivity index (χ0n) is 13.1. The Morgan fingerprint density at radius 2 is 1.67 bits per heavy atom. The second kappa shape index (κ2) is 6.45. The summed E-state index contributed by atoms with van der Waals surface area (Å²) in [6, 6.07) is 13.9. The number of primary amides is 1. The van der Waals surface area contributed by atoms with Gasteiger partial charge >= 0.3 is 0 Å². The molecule has 0 bridgehead atoms. The summed E-state index contributed by atoms with van der Waals surface area (Å²) < 4.78 is 0. The molecule has 0 unspecified atom stereocenters. The largest absolute Gasteiger partial charge is 0.364 e. The molecule has 2 aromatic carbocycles. The Morgan fingerprint density at radius 1 is 1.00 bits per heavy atom. The number of nitrogens with zero attached hydrogens (tertiary/aromatic N) is 3. The van der Waals surface area contributed by atoms with E-state index in [1.54, 1.807) is 7.05 Å². The van der Waals surface area contributed by atoms with E-state index in [4.69, 9.17) is 5.73 Å². The maximum Gasteiger partial charge on any atom is 0.274 e. The van der Waals surface area contributed by atoms with Gasteiger partial charge < -0.3 is 10.6 Å². The second-order valence-corrected chi connectivity index (χ2v) is 5.42. The lowest BCUT2D eigenvalue weighted by Gasteiger charge is -2.18. The standard InChI is InChI=1S/C18H16N4O2/c1-22(18(24)16-15(17(19)23)20-9-10-21-16)11-13-7-4-6-12-5-2-3-8-14(12)13/h2-10H,11H2,1H3,(H2,19,23). The summed E-state index contributed by atoms with van der Waals surface area (Å²) in [5.74, 6) is -1.17. The van der Waals surface area contributed by atoms with Gasteiger partial charge in [-0.15, -0.1) is 0 Å². The van der Waals surface area contributed by atoms with Crippen LogP contribution in [0.3, 0.4) is 0 Å². The van der Waals surface area contributed by atoms with E-state index in [0.29, 0.717) is 6.54 Å². The first-order chi connectivity index (χ1) is 11.6. The number of carbonyl (C=O) groups is 2. The fraction of sp³-hybridized carbons (Fsp3) is 0.111. The molecule has 1 heterocycles. The number of benzene rings is 2. The summed E-state index contributed by atoms with van der Waals surface area (Å²) in [5, 5.41) is 2.18. The lowest BCUT2D eigenvalue weighted by Crippen LogP contribution is -2.30. The highest BCUT2D eigenvalue weighted by Crippen LogP contribution is 2.20. The number of aromatic nitrogens is 2. The van der Waals surface area contributed by atoms with Gasteiger partial charge in [-0.25, -0.2) is 9.97 Å². The predicted octanol–water partition coefficient (Wildman–Crippen LogP) is 2.00. The number of hydrogen-bond acceptors (Lipinski definition) is 4. The molecule has 6 nitrogen and oxygen atoms in total. The van der Waals surface area contributed by atoms with E-state index in [1.165, 1.54) is 17.3 Å². The lowest BCUT2D eigenvalue weighted by atomic mass is 10.0. The molecule has 2 amide bonds. The van der Waals surface area contributed by atoms with Crippen molar-refractivity contribution in [2.75, 3.05) is 7.05 Å². The lowest BCUT2D eigenvalue weighted by molar-refractivity contribution is 0.0772. The minimum atomic E-state index is -0.773. The van der Waals surface area contributed by atoms with E-state index >= 15 is 0 Å². The fourth-order valence-electron chi connectivity index (χ4n) is 2.61. The second-order valence-electron chi connectivity index (χ2n) is 5.42. The molecule has 0 spiro atoms. The van der Waals surface area contributed by atoms with Crippen molar-refractivity contribution in [2.24, 2.45) is 5.73 Å². The summed E-state index contributed by atoms with van der Waals surface area (Å²) >= 11 is 0. The summed E-state index contributed by atoms with van der Waals surface area (Å²) in [7, 11) is 1.66. The number of hydrogen-bond donors (Lipinski definition) is 1. The van der Waals surface area contributed by atoms with Crippen molar-refractivity contribution in [3.8, 4) is 0 Å². The number of fused-ring (bicyclic) bond motifs is 1. The SMILES string of the molecule is CN(Cc1cccc2ccccc12)C(=O)c1nccnc1C(N)=O. The van der Waals surface area contributed by atoms with Crippen molar-refractivity contribution < 1.29 is 9.59 Å². The summed E-state index contributed by atoms with van der Waals surface area (Å²) in [6.45, 7) is 0.384. The normalized spacial score (nSPS) is 10.5. The van der Waals surface area contributed by atoms with Gasteiger partial charge in [0.1, 0.15) is 0 Å². The molecular weight excluding hydrogens is 304 g/mol. The molecule has 120 valence electrons. The number of carbonyl (C=O) groups excluding carboxylic acids is 2. The summed E-state index contributed by atoms with van der Waals surface area (Å²) in [6.07, 6.45) is 2.70. The molecule has 0 aliphatic heterocycles. The third-order valence-corrected chi connectivity index (χ3v) is 3.77. The molecule has 0 saturated heterocycles. The Bertz CT molecular complexity index is 918. The quantitative estimate of drug-likeness (QED) is 0.796. The van der Waals surface area contributed by atoms with Gasteiger partial charge in [-0.1, -0.05) is 42.5 Å². The minimum Gasteiger partial charge on any atom is -0.364 e. The summed E-state index contributed by atoms with van der Waals surface area (Å²) in [5.41, 5.74) is 6.12. The van der Waals surface area contributed by atoms with E-state index in [9.17, 15) is 9.59 Å². The van der Waals surface area contributed by atoms with Crippen LogP contribution >= 0.6 is 0 Å². The van der Waals surface area contributed by atoms with Gasteiger partial charge in [-0.3, -0.25) is 9.59 Å². The molecular formula is C18H16N4O2. The van der Waals surface area contributed by atoms with Crippen LogP contribution in [0.25, 0.3) is 10.8 Å². The van der Waals surface area contributed by atoms with Crippen molar-refractivity contribution >= 4 is 22.6 Å². The van der Waals surface area contributed by atoms with Crippen LogP contribution in [0.15, 0.2) is 54.9 Å². The maximum atomic E-state index is 12.6. The average Bonchev–Trinajstić information content (AvgIpc) is 2.61. The van der Waals surface area contributed by atoms with Crippen molar-refractivity contribution in [3.63, 3.8) is 0 Å². The van der Waals surface area contributed by atoms with Gasteiger partial charge in [0.25, 0.3) is 11.8 Å². The minimum absolute atomic E-state index is 0.0345. The van der Waals surface area contributed by atoms with Crippen LogP contribution in [0.2, 0.25) is 0 Å². The zero-order valence-corrected chi connectivity index (χ0v) is 13.1. The van der Waals surface area contributed by atoms with Gasteiger partial charge in [0.05, 0.1) is 0 Å². The van der Waals surface area contributed by atoms with Gasteiger partial charge in [0.15, 0.2) is 11.4 Å². The molecule has 0 aliphatic carbocycles. The molecule has 0 aliphatic rings. The highest BCUT2D eigenvalue weighted by molar-refractivity contribution is 6.04. The first kappa shape index (κ1) is 15.6. The van der Waals surface area contributed by atoms with Gasteiger partial charge in [0, 0.05) is 26.0 Å². The van der Waals surface area contributed by atoms with Crippen molar-refractivity contribution in [1.82, 2.24) is 14.9 Å². The van der Waals surface area contributed by atoms with Gasteiger partial charge in [0.2, 0.25) is 0 Å². The van der Waals surface area contributed by atoms with Crippen LogP contribution in [0, 0.1) is 0 Å². The first-order valence-electron chi connectivity index (χ1n) is 7.41. The van der Waals surface area contributed by atoms with Crippen LogP contribution in [-0.2, 0) is 6.54 Å². The van der Waals surface area contributed by atoms with Crippen LogP contribution in [0.5, 0.6) is 0 Å². The molecule has 0 radical (unpaired) electrons. The van der Waals surface area contributed by atoms with E-state index in [2.05, 4.69) is 9.97 Å². The van der Waals surface area contributed by atoms with Gasteiger partial charge in [-0.05, 0) is 16.3 Å². The molecule has 2 N–H and O–H groups in total.